The molecule has 0 saturated carbocycles. The van der Waals surface area contributed by atoms with Crippen molar-refractivity contribution in [1.29, 1.82) is 0 Å². The van der Waals surface area contributed by atoms with Crippen molar-refractivity contribution in [2.45, 2.75) is 51.8 Å². The summed E-state index contributed by atoms with van der Waals surface area (Å²) in [7, 11) is 0. The van der Waals surface area contributed by atoms with Crippen LogP contribution in [0.15, 0.2) is 30.3 Å². The third kappa shape index (κ3) is 6.80. The number of benzene rings is 1. The Morgan fingerprint density at radius 1 is 1.25 bits per heavy atom. The van der Waals surface area contributed by atoms with Crippen LogP contribution < -0.4 is 5.32 Å². The molecular formula is C21H33N3O4. The number of hydrogen-bond acceptors (Lipinski definition) is 5. The normalized spacial score (nSPS) is 19.2. The van der Waals surface area contributed by atoms with E-state index in [-0.39, 0.29) is 18.6 Å². The minimum absolute atomic E-state index is 0.0157. The molecule has 1 aliphatic rings. The molecule has 0 spiro atoms. The summed E-state index contributed by atoms with van der Waals surface area (Å²) in [5.74, 6) is -0.115. The van der Waals surface area contributed by atoms with Crippen molar-refractivity contribution >= 4 is 12.0 Å². The minimum atomic E-state index is -0.669. The van der Waals surface area contributed by atoms with Gasteiger partial charge in [-0.2, -0.15) is 0 Å². The number of β-amino-alcohol motifs (C(OH)–C–C–N with tert-alkyl or cyclic N) is 1. The number of hydrogen-bond donors (Lipinski definition) is 2. The Labute approximate surface area is 167 Å². The number of carbonyl (C=O) groups excluding carboxylic acids is 2. The highest BCUT2D eigenvalue weighted by atomic mass is 16.6. The van der Waals surface area contributed by atoms with Crippen LogP contribution in [0.25, 0.3) is 0 Å². The van der Waals surface area contributed by atoms with E-state index in [4.69, 9.17) is 4.74 Å². The largest absolute Gasteiger partial charge is 0.444 e. The fourth-order valence-electron chi connectivity index (χ4n) is 3.41. The Morgan fingerprint density at radius 2 is 1.93 bits per heavy atom. The van der Waals surface area contributed by atoms with Crippen molar-refractivity contribution in [2.75, 3.05) is 32.8 Å². The lowest BCUT2D eigenvalue weighted by Crippen LogP contribution is -2.60. The average molecular weight is 392 g/mol. The van der Waals surface area contributed by atoms with Gasteiger partial charge in [-0.3, -0.25) is 9.69 Å². The maximum Gasteiger partial charge on any atom is 0.408 e. The topological polar surface area (TPSA) is 82.1 Å². The van der Waals surface area contributed by atoms with Crippen molar-refractivity contribution in [3.05, 3.63) is 35.9 Å². The lowest BCUT2D eigenvalue weighted by Gasteiger charge is -2.42. The zero-order valence-corrected chi connectivity index (χ0v) is 17.4. The molecule has 0 radical (unpaired) electrons. The Kier molecular flexibility index (Phi) is 7.83. The monoisotopic (exact) mass is 391 g/mol. The fraction of sp³-hybridized carbons (Fsp3) is 0.619. The smallest absolute Gasteiger partial charge is 0.408 e. The molecule has 0 bridgehead atoms. The van der Waals surface area contributed by atoms with Gasteiger partial charge >= 0.3 is 6.09 Å². The molecule has 0 unspecified atom stereocenters. The number of rotatable bonds is 6. The molecule has 1 aromatic carbocycles. The predicted octanol–water partition coefficient (Wildman–Crippen LogP) is 1.65. The summed E-state index contributed by atoms with van der Waals surface area (Å²) < 4.78 is 5.26. The summed E-state index contributed by atoms with van der Waals surface area (Å²) in [6.45, 7) is 9.71. The van der Waals surface area contributed by atoms with E-state index in [1.165, 1.54) is 0 Å². The van der Waals surface area contributed by atoms with E-state index in [1.807, 2.05) is 23.1 Å². The summed E-state index contributed by atoms with van der Waals surface area (Å²) in [5.41, 5.74) is 0.544. The number of ether oxygens (including phenoxy) is 1. The number of aliphatic hydroxyl groups is 1. The maximum absolute atomic E-state index is 13.1. The van der Waals surface area contributed by atoms with Crippen LogP contribution in [0.4, 0.5) is 4.79 Å². The molecular weight excluding hydrogens is 358 g/mol. The SMILES string of the molecule is C[C@@H](NC(=O)OC(C)(C)C)C(=O)N1CCN(CCO)C[C@@H]1Cc1ccccc1. The molecule has 156 valence electrons. The second kappa shape index (κ2) is 9.89. The van der Waals surface area contributed by atoms with Crippen LogP contribution >= 0.6 is 0 Å². The fourth-order valence-corrected chi connectivity index (χ4v) is 3.41. The molecule has 1 aromatic rings. The van der Waals surface area contributed by atoms with Gasteiger partial charge in [0.1, 0.15) is 11.6 Å². The van der Waals surface area contributed by atoms with E-state index in [9.17, 15) is 14.7 Å². The van der Waals surface area contributed by atoms with Gasteiger partial charge in [0.15, 0.2) is 0 Å². The van der Waals surface area contributed by atoms with Crippen molar-refractivity contribution in [3.63, 3.8) is 0 Å². The molecule has 1 fully saturated rings. The number of nitrogens with one attached hydrogen (secondary N) is 1. The van der Waals surface area contributed by atoms with Crippen molar-refractivity contribution in [2.24, 2.45) is 0 Å². The maximum atomic E-state index is 13.1. The Morgan fingerprint density at radius 3 is 2.54 bits per heavy atom. The molecule has 2 rings (SSSR count). The van der Waals surface area contributed by atoms with Crippen molar-refractivity contribution in [3.8, 4) is 0 Å². The van der Waals surface area contributed by atoms with Crippen LogP contribution in [0.1, 0.15) is 33.3 Å². The van der Waals surface area contributed by atoms with Crippen LogP contribution in [0.3, 0.4) is 0 Å². The predicted molar refractivity (Wildman–Crippen MR) is 108 cm³/mol. The van der Waals surface area contributed by atoms with Crippen molar-refractivity contribution < 1.29 is 19.4 Å². The minimum Gasteiger partial charge on any atom is -0.444 e. The quantitative estimate of drug-likeness (QED) is 0.771. The molecule has 2 N–H and O–H groups in total. The summed E-state index contributed by atoms with van der Waals surface area (Å²) in [5, 5.41) is 11.9. The third-order valence-corrected chi connectivity index (χ3v) is 4.68. The highest BCUT2D eigenvalue weighted by molar-refractivity contribution is 5.85. The zero-order chi connectivity index (χ0) is 20.7. The van der Waals surface area contributed by atoms with E-state index in [0.29, 0.717) is 26.2 Å². The Bertz CT molecular complexity index is 645. The first-order chi connectivity index (χ1) is 13.2. The number of carbonyl (C=O) groups is 2. The second-order valence-corrected chi connectivity index (χ2v) is 8.27. The Hall–Kier alpha value is -2.12. The van der Waals surface area contributed by atoms with Gasteiger partial charge in [-0.15, -0.1) is 0 Å². The molecule has 0 aromatic heterocycles. The summed E-state index contributed by atoms with van der Waals surface area (Å²) >= 11 is 0. The van der Waals surface area contributed by atoms with E-state index in [1.54, 1.807) is 27.7 Å². The third-order valence-electron chi connectivity index (χ3n) is 4.68. The summed E-state index contributed by atoms with van der Waals surface area (Å²) in [6.07, 6.45) is 0.139. The van der Waals surface area contributed by atoms with E-state index in [2.05, 4.69) is 22.3 Å². The first kappa shape index (κ1) is 22.2. The van der Waals surface area contributed by atoms with Gasteiger partial charge in [-0.25, -0.2) is 4.79 Å². The van der Waals surface area contributed by atoms with Crippen LogP contribution in [-0.4, -0.2) is 77.4 Å². The molecule has 7 heteroatoms. The van der Waals surface area contributed by atoms with Gasteiger partial charge in [0.2, 0.25) is 5.91 Å². The van der Waals surface area contributed by atoms with E-state index >= 15 is 0 Å². The number of aliphatic hydroxyl groups excluding tert-OH is 1. The van der Waals surface area contributed by atoms with Gasteiger partial charge in [-0.05, 0) is 39.7 Å². The Balaban J connectivity index is 2.06. The second-order valence-electron chi connectivity index (χ2n) is 8.27. The van der Waals surface area contributed by atoms with Crippen molar-refractivity contribution in [1.82, 2.24) is 15.1 Å². The number of piperazine rings is 1. The van der Waals surface area contributed by atoms with Gasteiger partial charge in [0, 0.05) is 32.2 Å². The molecule has 0 aliphatic carbocycles. The number of alkyl carbamates (subject to hydrolysis) is 1. The van der Waals surface area contributed by atoms with E-state index < -0.39 is 17.7 Å². The molecule has 28 heavy (non-hydrogen) atoms. The lowest BCUT2D eigenvalue weighted by atomic mass is 10.0. The molecule has 2 amide bonds. The molecule has 1 aliphatic heterocycles. The van der Waals surface area contributed by atoms with Gasteiger partial charge in [0.25, 0.3) is 0 Å². The van der Waals surface area contributed by atoms with Gasteiger partial charge < -0.3 is 20.1 Å². The highest BCUT2D eigenvalue weighted by Gasteiger charge is 2.33. The number of nitrogens with zero attached hydrogens (tertiary/aromatic N) is 2. The summed E-state index contributed by atoms with van der Waals surface area (Å²) in [6, 6.07) is 9.37. The molecule has 1 saturated heterocycles. The van der Waals surface area contributed by atoms with Crippen LogP contribution in [-0.2, 0) is 16.0 Å². The van der Waals surface area contributed by atoms with Crippen LogP contribution in [0.2, 0.25) is 0 Å². The standard InChI is InChI=1S/C21H33N3O4/c1-16(22-20(27)28-21(2,3)4)19(26)24-11-10-23(12-13-25)15-18(24)14-17-8-6-5-7-9-17/h5-9,16,18,25H,10-15H2,1-4H3,(H,22,27)/t16-,18+/m1/s1. The molecule has 2 atom stereocenters. The summed E-state index contributed by atoms with van der Waals surface area (Å²) in [4.78, 5) is 29.1. The first-order valence-electron chi connectivity index (χ1n) is 9.86. The van der Waals surface area contributed by atoms with Gasteiger partial charge in [-0.1, -0.05) is 30.3 Å². The molecule has 7 nitrogen and oxygen atoms in total. The average Bonchev–Trinajstić information content (AvgIpc) is 2.61. The number of amides is 2. The van der Waals surface area contributed by atoms with Gasteiger partial charge in [0.05, 0.1) is 6.61 Å². The van der Waals surface area contributed by atoms with E-state index in [0.717, 1.165) is 12.0 Å². The first-order valence-corrected chi connectivity index (χ1v) is 9.86. The van der Waals surface area contributed by atoms with Crippen LogP contribution in [0, 0.1) is 0 Å². The van der Waals surface area contributed by atoms with Crippen LogP contribution in [0.5, 0.6) is 0 Å². The highest BCUT2D eigenvalue weighted by Crippen LogP contribution is 2.17. The molecule has 1 heterocycles. The zero-order valence-electron chi connectivity index (χ0n) is 17.4. The lowest BCUT2D eigenvalue weighted by molar-refractivity contribution is -0.138.